The third-order valence-corrected chi connectivity index (χ3v) is 5.43. The van der Waals surface area contributed by atoms with Crippen LogP contribution in [0.25, 0.3) is 0 Å². The zero-order valence-corrected chi connectivity index (χ0v) is 14.5. The van der Waals surface area contributed by atoms with E-state index in [-0.39, 0.29) is 11.8 Å². The number of hydrogen-bond donors (Lipinski definition) is 1. The van der Waals surface area contributed by atoms with E-state index in [1.54, 1.807) is 17.0 Å². The van der Waals surface area contributed by atoms with Crippen molar-refractivity contribution >= 4 is 51.9 Å². The molecule has 1 aromatic carbocycles. The third-order valence-electron chi connectivity index (χ3n) is 3.80. The van der Waals surface area contributed by atoms with Crippen LogP contribution in [0.1, 0.15) is 23.2 Å². The second kappa shape index (κ2) is 7.11. The van der Waals surface area contributed by atoms with Gasteiger partial charge >= 0.3 is 0 Å². The lowest BCUT2D eigenvalue weighted by molar-refractivity contribution is -0.123. The Morgan fingerprint density at radius 2 is 2.13 bits per heavy atom. The molecule has 8 heteroatoms. The molecule has 1 fully saturated rings. The van der Waals surface area contributed by atoms with E-state index in [0.717, 1.165) is 18.7 Å². The number of hydrogen-bond acceptors (Lipinski definition) is 4. The lowest BCUT2D eigenvalue weighted by Crippen LogP contribution is -2.47. The topological polar surface area (TPSA) is 61.8 Å². The largest absolute Gasteiger partial charge is 0.327 e. The maximum atomic E-state index is 12.7. The average Bonchev–Trinajstić information content (AvgIpc) is 3.20. The summed E-state index contributed by atoms with van der Waals surface area (Å²) in [5.74, 6) is 0.498. The van der Waals surface area contributed by atoms with E-state index in [4.69, 9.17) is 23.2 Å². The Bertz CT molecular complexity index is 681. The summed E-state index contributed by atoms with van der Waals surface area (Å²) in [5.41, 5.74) is 0.437. The minimum absolute atomic E-state index is 0.177. The highest BCUT2D eigenvalue weighted by Gasteiger charge is 2.35. The van der Waals surface area contributed by atoms with Crippen molar-refractivity contribution in [2.45, 2.75) is 18.9 Å². The van der Waals surface area contributed by atoms with E-state index < -0.39 is 6.04 Å². The highest BCUT2D eigenvalue weighted by atomic mass is 35.5. The first-order valence-corrected chi connectivity index (χ1v) is 9.04. The molecule has 0 saturated carbocycles. The van der Waals surface area contributed by atoms with Crippen LogP contribution in [-0.2, 0) is 4.79 Å². The molecule has 2 aliphatic heterocycles. The molecular formula is C15H15Cl2N3O2S. The van der Waals surface area contributed by atoms with Gasteiger partial charge < -0.3 is 10.2 Å². The van der Waals surface area contributed by atoms with Crippen molar-refractivity contribution in [2.24, 2.45) is 4.99 Å². The Labute approximate surface area is 148 Å². The Balaban J connectivity index is 1.73. The van der Waals surface area contributed by atoms with Crippen LogP contribution in [0.15, 0.2) is 23.2 Å². The van der Waals surface area contributed by atoms with Crippen LogP contribution < -0.4 is 5.32 Å². The highest BCUT2D eigenvalue weighted by molar-refractivity contribution is 8.14. The van der Waals surface area contributed by atoms with Gasteiger partial charge in [0.2, 0.25) is 5.91 Å². The number of thioether (sulfide) groups is 1. The van der Waals surface area contributed by atoms with Crippen LogP contribution in [-0.4, -0.2) is 46.8 Å². The van der Waals surface area contributed by atoms with E-state index in [9.17, 15) is 9.59 Å². The number of amides is 2. The maximum Gasteiger partial charge on any atom is 0.254 e. The molecule has 5 nitrogen and oxygen atoms in total. The fraction of sp³-hybridized carbons (Fsp3) is 0.400. The first-order valence-electron chi connectivity index (χ1n) is 7.30. The van der Waals surface area contributed by atoms with Gasteiger partial charge in [0.05, 0.1) is 16.6 Å². The predicted molar refractivity (Wildman–Crippen MR) is 93.4 cm³/mol. The molecule has 0 aliphatic carbocycles. The molecule has 122 valence electrons. The smallest absolute Gasteiger partial charge is 0.254 e. The molecule has 2 heterocycles. The first kappa shape index (κ1) is 16.6. The van der Waals surface area contributed by atoms with Crippen molar-refractivity contribution in [3.63, 3.8) is 0 Å². The van der Waals surface area contributed by atoms with Crippen molar-refractivity contribution in [1.29, 1.82) is 0 Å². The molecule has 0 radical (unpaired) electrons. The summed E-state index contributed by atoms with van der Waals surface area (Å²) < 4.78 is 0. The third kappa shape index (κ3) is 3.65. The predicted octanol–water partition coefficient (Wildman–Crippen LogP) is 2.82. The minimum atomic E-state index is -0.471. The molecule has 3 rings (SSSR count). The summed E-state index contributed by atoms with van der Waals surface area (Å²) in [6.45, 7) is 1.27. The number of amidine groups is 1. The summed E-state index contributed by atoms with van der Waals surface area (Å²) >= 11 is 13.4. The molecule has 1 N–H and O–H groups in total. The van der Waals surface area contributed by atoms with Crippen LogP contribution in [0, 0.1) is 0 Å². The number of rotatable bonds is 2. The van der Waals surface area contributed by atoms with Gasteiger partial charge in [0, 0.05) is 17.9 Å². The number of carbonyl (C=O) groups excluding carboxylic acids is 2. The SMILES string of the molecule is O=C(NC1=NCCS1)C1CCCN1C(=O)c1ccc(Cl)c(Cl)c1. The molecule has 1 unspecified atom stereocenters. The number of nitrogens with zero attached hydrogens (tertiary/aromatic N) is 2. The molecular weight excluding hydrogens is 357 g/mol. The quantitative estimate of drug-likeness (QED) is 0.869. The second-order valence-corrected chi connectivity index (χ2v) is 7.21. The number of carbonyl (C=O) groups is 2. The van der Waals surface area contributed by atoms with Gasteiger partial charge in [-0.05, 0) is 31.0 Å². The fourth-order valence-corrected chi connectivity index (χ4v) is 3.71. The van der Waals surface area contributed by atoms with E-state index in [2.05, 4.69) is 10.3 Å². The molecule has 1 aromatic rings. The monoisotopic (exact) mass is 371 g/mol. The van der Waals surface area contributed by atoms with Gasteiger partial charge in [-0.3, -0.25) is 14.6 Å². The number of likely N-dealkylation sites (tertiary alicyclic amines) is 1. The molecule has 0 aromatic heterocycles. The molecule has 2 aliphatic rings. The van der Waals surface area contributed by atoms with Gasteiger partial charge in [-0.1, -0.05) is 35.0 Å². The maximum absolute atomic E-state index is 12.7. The first-order chi connectivity index (χ1) is 11.1. The van der Waals surface area contributed by atoms with Crippen molar-refractivity contribution in [3.8, 4) is 0 Å². The summed E-state index contributed by atoms with van der Waals surface area (Å²) in [7, 11) is 0. The Kier molecular flexibility index (Phi) is 5.14. The van der Waals surface area contributed by atoms with Gasteiger partial charge in [0.25, 0.3) is 5.91 Å². The summed E-state index contributed by atoms with van der Waals surface area (Å²) in [4.78, 5) is 30.9. The van der Waals surface area contributed by atoms with Crippen molar-refractivity contribution in [1.82, 2.24) is 10.2 Å². The van der Waals surface area contributed by atoms with Crippen LogP contribution >= 0.6 is 35.0 Å². The zero-order valence-electron chi connectivity index (χ0n) is 12.2. The van der Waals surface area contributed by atoms with Gasteiger partial charge in [-0.2, -0.15) is 0 Å². The fourth-order valence-electron chi connectivity index (χ4n) is 2.68. The van der Waals surface area contributed by atoms with Crippen LogP contribution in [0.2, 0.25) is 10.0 Å². The molecule has 0 bridgehead atoms. The van der Waals surface area contributed by atoms with Crippen LogP contribution in [0.5, 0.6) is 0 Å². The highest BCUT2D eigenvalue weighted by Crippen LogP contribution is 2.26. The summed E-state index contributed by atoms with van der Waals surface area (Å²) in [5, 5.41) is 4.18. The van der Waals surface area contributed by atoms with Gasteiger partial charge in [0.1, 0.15) is 6.04 Å². The second-order valence-electron chi connectivity index (χ2n) is 5.31. The van der Waals surface area contributed by atoms with Gasteiger partial charge in [-0.25, -0.2) is 0 Å². The molecule has 0 spiro atoms. The average molecular weight is 372 g/mol. The minimum Gasteiger partial charge on any atom is -0.327 e. The lowest BCUT2D eigenvalue weighted by atomic mass is 10.1. The number of halogens is 2. The van der Waals surface area contributed by atoms with E-state index in [1.165, 1.54) is 17.8 Å². The summed E-state index contributed by atoms with van der Waals surface area (Å²) in [6, 6.07) is 4.28. The number of benzene rings is 1. The standard InChI is InChI=1S/C15H15Cl2N3O2S/c16-10-4-3-9(8-11(10)17)14(22)20-6-1-2-12(20)13(21)19-15-18-5-7-23-15/h3-4,8,12H,1-2,5-7H2,(H,18,19,21). The van der Waals surface area contributed by atoms with Crippen molar-refractivity contribution in [3.05, 3.63) is 33.8 Å². The van der Waals surface area contributed by atoms with E-state index in [1.807, 2.05) is 0 Å². The lowest BCUT2D eigenvalue weighted by Gasteiger charge is -2.24. The van der Waals surface area contributed by atoms with Crippen LogP contribution in [0.4, 0.5) is 0 Å². The molecule has 1 saturated heterocycles. The van der Waals surface area contributed by atoms with Gasteiger partial charge in [0.15, 0.2) is 5.17 Å². The molecule has 1 atom stereocenters. The summed E-state index contributed by atoms with van der Waals surface area (Å²) in [6.07, 6.45) is 1.45. The van der Waals surface area contributed by atoms with Crippen LogP contribution in [0.3, 0.4) is 0 Å². The Hall–Kier alpha value is -1.24. The molecule has 23 heavy (non-hydrogen) atoms. The molecule has 2 amide bonds. The number of aliphatic imine (C=N–C) groups is 1. The van der Waals surface area contributed by atoms with E-state index in [0.29, 0.717) is 33.7 Å². The Morgan fingerprint density at radius 1 is 1.30 bits per heavy atom. The normalized spacial score (nSPS) is 20.5. The zero-order chi connectivity index (χ0) is 16.4. The Morgan fingerprint density at radius 3 is 2.83 bits per heavy atom. The van der Waals surface area contributed by atoms with Gasteiger partial charge in [-0.15, -0.1) is 0 Å². The van der Waals surface area contributed by atoms with Crippen molar-refractivity contribution < 1.29 is 9.59 Å². The van der Waals surface area contributed by atoms with Crippen molar-refractivity contribution in [2.75, 3.05) is 18.8 Å². The van der Waals surface area contributed by atoms with E-state index >= 15 is 0 Å². The number of nitrogens with one attached hydrogen (secondary N) is 1.